The van der Waals surface area contributed by atoms with Gasteiger partial charge in [-0.2, -0.15) is 18.1 Å². The molecule has 4 N–H and O–H groups in total. The van der Waals surface area contributed by atoms with Crippen LogP contribution < -0.4 is 10.8 Å². The molecule has 7 heteroatoms. The lowest BCUT2D eigenvalue weighted by Crippen LogP contribution is -2.43. The first-order chi connectivity index (χ1) is 6.11. The largest absolute Gasteiger partial charge is 0.480 e. The van der Waals surface area contributed by atoms with Crippen LogP contribution in [0.3, 0.4) is 0 Å². The number of carbonyl (C=O) groups excluding carboxylic acids is 1. The maximum atomic E-state index is 11.0. The number of aliphatic carboxylic acids is 1. The normalized spacial score (nSPS) is 12.8. The molecule has 0 rings (SSSR count). The van der Waals surface area contributed by atoms with Crippen LogP contribution in [0, 0.1) is 0 Å². The Kier molecular flexibility index (Phi) is 5.94. The molecule has 1 amide bonds. The Morgan fingerprint density at radius 3 is 2.54 bits per heavy atom. The Bertz CT molecular complexity index is 219. The van der Waals surface area contributed by atoms with Gasteiger partial charge in [0.2, 0.25) is 5.91 Å². The maximum Gasteiger partial charge on any atom is 0.322 e. The van der Waals surface area contributed by atoms with Crippen molar-refractivity contribution in [2.45, 2.75) is 6.04 Å². The molecule has 0 heterocycles. The SMILES string of the molecule is O=C(O)CNC(=O)[C@H](/C=C/S)NO. The van der Waals surface area contributed by atoms with Crippen LogP contribution >= 0.6 is 12.6 Å². The van der Waals surface area contributed by atoms with E-state index in [1.807, 2.05) is 0 Å². The molecule has 0 aromatic heterocycles. The van der Waals surface area contributed by atoms with Gasteiger partial charge in [0.1, 0.15) is 12.6 Å². The fraction of sp³-hybridized carbons (Fsp3) is 0.333. The number of carbonyl (C=O) groups is 2. The lowest BCUT2D eigenvalue weighted by molar-refractivity contribution is -0.138. The van der Waals surface area contributed by atoms with Crippen LogP contribution in [0.1, 0.15) is 0 Å². The van der Waals surface area contributed by atoms with Crippen molar-refractivity contribution >= 4 is 24.5 Å². The predicted octanol–water partition coefficient (Wildman–Crippen LogP) is -1.02. The maximum absolute atomic E-state index is 11.0. The van der Waals surface area contributed by atoms with Gasteiger partial charge in [0.05, 0.1) is 0 Å². The molecule has 0 aliphatic heterocycles. The summed E-state index contributed by atoms with van der Waals surface area (Å²) in [5.74, 6) is -1.80. The van der Waals surface area contributed by atoms with Gasteiger partial charge < -0.3 is 15.6 Å². The molecule has 1 atom stereocenters. The third-order valence-corrected chi connectivity index (χ3v) is 1.29. The fourth-order valence-electron chi connectivity index (χ4n) is 0.548. The van der Waals surface area contributed by atoms with Crippen molar-refractivity contribution < 1.29 is 19.9 Å². The molecule has 74 valence electrons. The third-order valence-electron chi connectivity index (χ3n) is 1.11. The Labute approximate surface area is 80.0 Å². The van der Waals surface area contributed by atoms with Crippen molar-refractivity contribution in [2.75, 3.05) is 6.54 Å². The van der Waals surface area contributed by atoms with Crippen molar-refractivity contribution in [2.24, 2.45) is 0 Å². The number of thiol groups is 1. The van der Waals surface area contributed by atoms with Crippen LogP contribution in [0.15, 0.2) is 11.5 Å². The van der Waals surface area contributed by atoms with Gasteiger partial charge in [-0.15, -0.1) is 0 Å². The molecule has 0 aliphatic rings. The Balaban J connectivity index is 3.98. The third kappa shape index (κ3) is 5.23. The molecule has 0 radical (unpaired) electrons. The number of carboxylic acid groups (broad SMARTS) is 1. The molecule has 0 aromatic carbocycles. The van der Waals surface area contributed by atoms with Gasteiger partial charge in [0.15, 0.2) is 0 Å². The minimum absolute atomic E-state index is 0.489. The van der Waals surface area contributed by atoms with E-state index in [1.165, 1.54) is 11.5 Å². The smallest absolute Gasteiger partial charge is 0.322 e. The van der Waals surface area contributed by atoms with Crippen LogP contribution in [0.5, 0.6) is 0 Å². The van der Waals surface area contributed by atoms with Gasteiger partial charge in [0.25, 0.3) is 0 Å². The molecule has 0 spiro atoms. The van der Waals surface area contributed by atoms with Crippen LogP contribution in [-0.2, 0) is 9.59 Å². The Hall–Kier alpha value is -1.05. The van der Waals surface area contributed by atoms with E-state index in [-0.39, 0.29) is 0 Å². The van der Waals surface area contributed by atoms with Crippen LogP contribution in [0.4, 0.5) is 0 Å². The van der Waals surface area contributed by atoms with E-state index in [2.05, 4.69) is 17.9 Å². The summed E-state index contributed by atoms with van der Waals surface area (Å²) in [6.45, 7) is -0.489. The Morgan fingerprint density at radius 1 is 1.54 bits per heavy atom. The monoisotopic (exact) mass is 206 g/mol. The fourth-order valence-corrected chi connectivity index (χ4v) is 0.720. The number of nitrogens with one attached hydrogen (secondary N) is 2. The van der Waals surface area contributed by atoms with Gasteiger partial charge in [-0.3, -0.25) is 9.59 Å². The van der Waals surface area contributed by atoms with Crippen LogP contribution in [0.25, 0.3) is 0 Å². The molecule has 6 nitrogen and oxygen atoms in total. The lowest BCUT2D eigenvalue weighted by Gasteiger charge is -2.08. The predicted molar refractivity (Wildman–Crippen MR) is 47.5 cm³/mol. The van der Waals surface area contributed by atoms with Crippen molar-refractivity contribution in [1.82, 2.24) is 10.8 Å². The summed E-state index contributed by atoms with van der Waals surface area (Å²) in [5.41, 5.74) is 1.69. The van der Waals surface area contributed by atoms with Crippen molar-refractivity contribution in [3.8, 4) is 0 Å². The summed E-state index contributed by atoms with van der Waals surface area (Å²) in [6.07, 6.45) is 1.26. The average molecular weight is 206 g/mol. The van der Waals surface area contributed by atoms with Crippen molar-refractivity contribution in [3.63, 3.8) is 0 Å². The summed E-state index contributed by atoms with van der Waals surface area (Å²) >= 11 is 3.69. The summed E-state index contributed by atoms with van der Waals surface area (Å²) in [5, 5.41) is 20.0. The van der Waals surface area contributed by atoms with E-state index in [0.717, 1.165) is 0 Å². The summed E-state index contributed by atoms with van der Waals surface area (Å²) < 4.78 is 0. The first kappa shape index (κ1) is 11.9. The second-order valence-electron chi connectivity index (χ2n) is 2.06. The van der Waals surface area contributed by atoms with Crippen molar-refractivity contribution in [1.29, 1.82) is 0 Å². The minimum atomic E-state index is -1.15. The van der Waals surface area contributed by atoms with Gasteiger partial charge in [-0.25, -0.2) is 0 Å². The lowest BCUT2D eigenvalue weighted by atomic mass is 10.3. The number of hydroxylamine groups is 1. The molecule has 13 heavy (non-hydrogen) atoms. The van der Waals surface area contributed by atoms with E-state index >= 15 is 0 Å². The van der Waals surface area contributed by atoms with Crippen molar-refractivity contribution in [3.05, 3.63) is 11.5 Å². The average Bonchev–Trinajstić information content (AvgIpc) is 2.10. The molecule has 0 saturated carbocycles. The summed E-state index contributed by atoms with van der Waals surface area (Å²) in [6, 6.07) is -0.989. The highest BCUT2D eigenvalue weighted by atomic mass is 32.1. The highest BCUT2D eigenvalue weighted by Crippen LogP contribution is 1.88. The second kappa shape index (κ2) is 6.46. The molecule has 0 unspecified atom stereocenters. The Morgan fingerprint density at radius 2 is 2.15 bits per heavy atom. The number of hydrogen-bond acceptors (Lipinski definition) is 5. The molecule has 0 fully saturated rings. The van der Waals surface area contributed by atoms with E-state index in [0.29, 0.717) is 0 Å². The van der Waals surface area contributed by atoms with Crippen LogP contribution in [0.2, 0.25) is 0 Å². The zero-order valence-electron chi connectivity index (χ0n) is 6.60. The van der Waals surface area contributed by atoms with E-state index in [4.69, 9.17) is 10.3 Å². The van der Waals surface area contributed by atoms with Gasteiger partial charge in [-0.05, 0) is 11.5 Å². The molecule has 0 aliphatic carbocycles. The zero-order chi connectivity index (χ0) is 10.3. The second-order valence-corrected chi connectivity index (χ2v) is 2.36. The van der Waals surface area contributed by atoms with Crippen LogP contribution in [-0.4, -0.2) is 34.8 Å². The van der Waals surface area contributed by atoms with Gasteiger partial charge in [0, 0.05) is 0 Å². The van der Waals surface area contributed by atoms with E-state index in [9.17, 15) is 9.59 Å². The summed E-state index contributed by atoms with van der Waals surface area (Å²) in [7, 11) is 0. The standard InChI is InChI=1S/C6H10N2O4S/c9-5(10)3-7-6(11)4(8-12)1-2-13/h1-2,4,8,12-13H,3H2,(H,7,11)(H,9,10)/b2-1+/t4-/m0/s1. The molecule has 0 saturated heterocycles. The molecule has 0 aromatic rings. The number of amides is 1. The molecular weight excluding hydrogens is 196 g/mol. The van der Waals surface area contributed by atoms with E-state index < -0.39 is 24.5 Å². The summed E-state index contributed by atoms with van der Waals surface area (Å²) in [4.78, 5) is 21.0. The zero-order valence-corrected chi connectivity index (χ0v) is 7.49. The van der Waals surface area contributed by atoms with E-state index in [1.54, 1.807) is 5.48 Å². The first-order valence-corrected chi connectivity index (χ1v) is 3.83. The number of hydrogen-bond donors (Lipinski definition) is 5. The minimum Gasteiger partial charge on any atom is -0.480 e. The molecular formula is C6H10N2O4S. The quantitative estimate of drug-likeness (QED) is 0.293. The first-order valence-electron chi connectivity index (χ1n) is 3.31. The topological polar surface area (TPSA) is 98.7 Å². The molecule has 0 bridgehead atoms. The van der Waals surface area contributed by atoms with Gasteiger partial charge >= 0.3 is 5.97 Å². The highest BCUT2D eigenvalue weighted by molar-refractivity contribution is 7.83. The van der Waals surface area contributed by atoms with Gasteiger partial charge in [-0.1, -0.05) is 0 Å². The number of rotatable bonds is 5. The number of carboxylic acids is 1. The highest BCUT2D eigenvalue weighted by Gasteiger charge is 2.13.